The van der Waals surface area contributed by atoms with Gasteiger partial charge in [0.1, 0.15) is 11.5 Å². The second kappa shape index (κ2) is 14.6. The summed E-state index contributed by atoms with van der Waals surface area (Å²) in [7, 11) is 0. The summed E-state index contributed by atoms with van der Waals surface area (Å²) in [5.74, 6) is 1.55. The van der Waals surface area contributed by atoms with Crippen LogP contribution in [0.5, 0.6) is 11.5 Å². The third kappa shape index (κ3) is 9.57. The summed E-state index contributed by atoms with van der Waals surface area (Å²) in [6, 6.07) is 25.6. The first-order valence-corrected chi connectivity index (χ1v) is 12.3. The van der Waals surface area contributed by atoms with Crippen molar-refractivity contribution in [3.05, 3.63) is 84.4 Å². The molecule has 0 heterocycles. The van der Waals surface area contributed by atoms with Gasteiger partial charge in [-0.25, -0.2) is 0 Å². The van der Waals surface area contributed by atoms with Crippen molar-refractivity contribution in [2.75, 3.05) is 30.4 Å². The van der Waals surface area contributed by atoms with Crippen LogP contribution in [0.1, 0.15) is 44.6 Å². The fraction of sp³-hybridized carbons (Fsp3) is 0.345. The first-order chi connectivity index (χ1) is 16.7. The van der Waals surface area contributed by atoms with Crippen LogP contribution in [0, 0.1) is 0 Å². The molecule has 5 heteroatoms. The normalized spacial score (nSPS) is 10.5. The molecule has 1 amide bonds. The predicted octanol–water partition coefficient (Wildman–Crippen LogP) is 6.71. The molecule has 0 saturated carbocycles. The molecule has 0 unspecified atom stereocenters. The average molecular weight is 461 g/mol. The van der Waals surface area contributed by atoms with E-state index in [1.54, 1.807) is 0 Å². The van der Waals surface area contributed by atoms with Gasteiger partial charge in [0.2, 0.25) is 5.91 Å². The summed E-state index contributed by atoms with van der Waals surface area (Å²) in [5, 5.41) is 6.05. The smallest absolute Gasteiger partial charge is 0.243 e. The topological polar surface area (TPSA) is 59.6 Å². The number of ether oxygens (including phenoxy) is 2. The van der Waals surface area contributed by atoms with Gasteiger partial charge in [-0.3, -0.25) is 4.79 Å². The number of amides is 1. The summed E-state index contributed by atoms with van der Waals surface area (Å²) >= 11 is 0. The van der Waals surface area contributed by atoms with Gasteiger partial charge in [-0.1, -0.05) is 56.5 Å². The Kier molecular flexibility index (Phi) is 10.8. The van der Waals surface area contributed by atoms with E-state index in [-0.39, 0.29) is 12.5 Å². The number of hydrogen-bond donors (Lipinski definition) is 2. The SMILES string of the molecule is CCCCCCOc1ccc(NCC(=O)Nc2ccc(OCCCc3ccccc3)cc2)cc1. The lowest BCUT2D eigenvalue weighted by Gasteiger charge is -2.10. The molecule has 2 N–H and O–H groups in total. The van der Waals surface area contributed by atoms with E-state index in [0.29, 0.717) is 6.61 Å². The summed E-state index contributed by atoms with van der Waals surface area (Å²) in [6.07, 6.45) is 6.72. The molecule has 3 aromatic rings. The number of aryl methyl sites for hydroxylation is 1. The maximum absolute atomic E-state index is 12.3. The van der Waals surface area contributed by atoms with Gasteiger partial charge in [0, 0.05) is 11.4 Å². The van der Waals surface area contributed by atoms with Crippen LogP contribution in [0.4, 0.5) is 11.4 Å². The van der Waals surface area contributed by atoms with Crippen LogP contribution < -0.4 is 20.1 Å². The van der Waals surface area contributed by atoms with Gasteiger partial charge in [-0.05, 0) is 73.4 Å². The van der Waals surface area contributed by atoms with Crippen LogP contribution in [0.25, 0.3) is 0 Å². The lowest BCUT2D eigenvalue weighted by atomic mass is 10.1. The molecule has 180 valence electrons. The highest BCUT2D eigenvalue weighted by molar-refractivity contribution is 5.93. The van der Waals surface area contributed by atoms with Crippen molar-refractivity contribution in [2.45, 2.75) is 45.4 Å². The number of nitrogens with one attached hydrogen (secondary N) is 2. The Bertz CT molecular complexity index is 957. The zero-order valence-electron chi connectivity index (χ0n) is 20.1. The van der Waals surface area contributed by atoms with Crippen LogP contribution in [0.3, 0.4) is 0 Å². The summed E-state index contributed by atoms with van der Waals surface area (Å²) in [5.41, 5.74) is 2.95. The van der Waals surface area contributed by atoms with Crippen molar-refractivity contribution < 1.29 is 14.3 Å². The Balaban J connectivity index is 1.31. The molecule has 0 bridgehead atoms. The maximum Gasteiger partial charge on any atom is 0.243 e. The first kappa shape index (κ1) is 25.2. The van der Waals surface area contributed by atoms with Gasteiger partial charge < -0.3 is 20.1 Å². The predicted molar refractivity (Wildman–Crippen MR) is 140 cm³/mol. The minimum Gasteiger partial charge on any atom is -0.494 e. The third-order valence-electron chi connectivity index (χ3n) is 5.43. The van der Waals surface area contributed by atoms with Crippen LogP contribution in [0.15, 0.2) is 78.9 Å². The van der Waals surface area contributed by atoms with E-state index in [2.05, 4.69) is 41.8 Å². The summed E-state index contributed by atoms with van der Waals surface area (Å²) in [6.45, 7) is 3.79. The number of unbranched alkanes of at least 4 members (excludes halogenated alkanes) is 3. The van der Waals surface area contributed by atoms with E-state index < -0.39 is 0 Å². The second-order valence-corrected chi connectivity index (χ2v) is 8.30. The molecule has 0 aliphatic rings. The number of carbonyl (C=O) groups is 1. The molecule has 0 aliphatic heterocycles. The number of carbonyl (C=O) groups excluding carboxylic acids is 1. The molecule has 0 atom stereocenters. The fourth-order valence-electron chi connectivity index (χ4n) is 3.52. The molecule has 34 heavy (non-hydrogen) atoms. The standard InChI is InChI=1S/C29H36N2O3/c1-2-3-4-8-21-33-27-17-13-25(14-18-27)30-23-29(32)31-26-15-19-28(20-16-26)34-22-9-12-24-10-6-5-7-11-24/h5-7,10-11,13-20,30H,2-4,8-9,12,21-23H2,1H3,(H,31,32). The molecule has 0 fully saturated rings. The van der Waals surface area contributed by atoms with Crippen LogP contribution >= 0.6 is 0 Å². The largest absolute Gasteiger partial charge is 0.494 e. The molecule has 0 aliphatic carbocycles. The molecular weight excluding hydrogens is 424 g/mol. The van der Waals surface area contributed by atoms with Crippen LogP contribution in [0.2, 0.25) is 0 Å². The number of rotatable bonds is 15. The second-order valence-electron chi connectivity index (χ2n) is 8.30. The van der Waals surface area contributed by atoms with Gasteiger partial charge in [-0.2, -0.15) is 0 Å². The van der Waals surface area contributed by atoms with E-state index >= 15 is 0 Å². The average Bonchev–Trinajstić information content (AvgIpc) is 2.87. The van der Waals surface area contributed by atoms with E-state index in [0.717, 1.165) is 48.7 Å². The Morgan fingerprint density at radius 3 is 1.97 bits per heavy atom. The zero-order valence-corrected chi connectivity index (χ0v) is 20.1. The third-order valence-corrected chi connectivity index (χ3v) is 5.43. The summed E-state index contributed by atoms with van der Waals surface area (Å²) in [4.78, 5) is 12.3. The van der Waals surface area contributed by atoms with E-state index in [1.807, 2.05) is 54.6 Å². The lowest BCUT2D eigenvalue weighted by Crippen LogP contribution is -2.21. The van der Waals surface area contributed by atoms with E-state index in [4.69, 9.17) is 9.47 Å². The Labute approximate surface area is 203 Å². The molecular formula is C29H36N2O3. The number of anilines is 2. The maximum atomic E-state index is 12.3. The fourth-order valence-corrected chi connectivity index (χ4v) is 3.52. The highest BCUT2D eigenvalue weighted by Gasteiger charge is 2.04. The first-order valence-electron chi connectivity index (χ1n) is 12.3. The highest BCUT2D eigenvalue weighted by atomic mass is 16.5. The van der Waals surface area contributed by atoms with Crippen LogP contribution in [-0.2, 0) is 11.2 Å². The molecule has 3 aromatic carbocycles. The number of hydrogen-bond acceptors (Lipinski definition) is 4. The van der Waals surface area contributed by atoms with Gasteiger partial charge in [0.15, 0.2) is 0 Å². The monoisotopic (exact) mass is 460 g/mol. The molecule has 0 aromatic heterocycles. The van der Waals surface area contributed by atoms with Crippen molar-refractivity contribution in [1.82, 2.24) is 0 Å². The summed E-state index contributed by atoms with van der Waals surface area (Å²) < 4.78 is 11.6. The molecule has 0 saturated heterocycles. The molecule has 3 rings (SSSR count). The minimum atomic E-state index is -0.104. The molecule has 0 radical (unpaired) electrons. The lowest BCUT2D eigenvalue weighted by molar-refractivity contribution is -0.114. The van der Waals surface area contributed by atoms with Crippen molar-refractivity contribution in [1.29, 1.82) is 0 Å². The minimum absolute atomic E-state index is 0.104. The van der Waals surface area contributed by atoms with Crippen LogP contribution in [-0.4, -0.2) is 25.7 Å². The zero-order chi connectivity index (χ0) is 23.8. The van der Waals surface area contributed by atoms with E-state index in [9.17, 15) is 4.79 Å². The van der Waals surface area contributed by atoms with Gasteiger partial charge >= 0.3 is 0 Å². The highest BCUT2D eigenvalue weighted by Crippen LogP contribution is 2.18. The van der Waals surface area contributed by atoms with Gasteiger partial charge in [0.25, 0.3) is 0 Å². The van der Waals surface area contributed by atoms with Gasteiger partial charge in [-0.15, -0.1) is 0 Å². The van der Waals surface area contributed by atoms with Gasteiger partial charge in [0.05, 0.1) is 19.8 Å². The Morgan fingerprint density at radius 2 is 1.32 bits per heavy atom. The Morgan fingerprint density at radius 1 is 0.706 bits per heavy atom. The Hall–Kier alpha value is -3.47. The van der Waals surface area contributed by atoms with Crippen molar-refractivity contribution in [3.8, 4) is 11.5 Å². The quantitative estimate of drug-likeness (QED) is 0.248. The molecule has 0 spiro atoms. The van der Waals surface area contributed by atoms with E-state index in [1.165, 1.54) is 24.8 Å². The van der Waals surface area contributed by atoms with Crippen molar-refractivity contribution in [3.63, 3.8) is 0 Å². The molecule has 5 nitrogen and oxygen atoms in total. The van der Waals surface area contributed by atoms with Crippen molar-refractivity contribution >= 4 is 17.3 Å². The van der Waals surface area contributed by atoms with Crippen molar-refractivity contribution in [2.24, 2.45) is 0 Å². The number of benzene rings is 3.